The summed E-state index contributed by atoms with van der Waals surface area (Å²) in [6.45, 7) is 1.60. The van der Waals surface area contributed by atoms with Crippen molar-refractivity contribution >= 4 is 23.9 Å². The Morgan fingerprint density at radius 1 is 1.00 bits per heavy atom. The largest absolute Gasteiger partial charge is 0.480 e. The number of benzene rings is 2. The molecule has 1 unspecified atom stereocenters. The molecule has 2 aromatic carbocycles. The summed E-state index contributed by atoms with van der Waals surface area (Å²) in [6.07, 6.45) is -1.18. The highest BCUT2D eigenvalue weighted by atomic mass is 16.5. The Bertz CT molecular complexity index is 1010. The second kappa shape index (κ2) is 10.6. The molecule has 3 rings (SSSR count). The van der Waals surface area contributed by atoms with Crippen LogP contribution in [0.4, 0.5) is 4.79 Å². The Kier molecular flexibility index (Phi) is 7.66. The fraction of sp³-hybridized carbons (Fsp3) is 0.333. The van der Waals surface area contributed by atoms with Crippen molar-refractivity contribution in [2.24, 2.45) is 5.92 Å². The lowest BCUT2D eigenvalue weighted by Gasteiger charge is -2.18. The second-order valence-electron chi connectivity index (χ2n) is 7.79. The molecule has 2 atom stereocenters. The number of hydrogen-bond acceptors (Lipinski definition) is 6. The number of methoxy groups -OCH3 is 1. The van der Waals surface area contributed by atoms with Gasteiger partial charge < -0.3 is 25.2 Å². The number of rotatable bonds is 9. The molecule has 9 nitrogen and oxygen atoms in total. The quantitative estimate of drug-likeness (QED) is 0.496. The van der Waals surface area contributed by atoms with Gasteiger partial charge in [-0.2, -0.15) is 0 Å². The van der Waals surface area contributed by atoms with Crippen molar-refractivity contribution in [2.75, 3.05) is 20.3 Å². The van der Waals surface area contributed by atoms with Gasteiger partial charge in [0.05, 0.1) is 19.4 Å². The molecule has 0 heterocycles. The number of alkyl carbamates (subject to hydrolysis) is 1. The molecule has 3 N–H and O–H groups in total. The first-order valence-electron chi connectivity index (χ1n) is 10.5. The molecule has 1 aliphatic carbocycles. The highest BCUT2D eigenvalue weighted by molar-refractivity contribution is 5.88. The summed E-state index contributed by atoms with van der Waals surface area (Å²) < 4.78 is 9.86. The Morgan fingerprint density at radius 2 is 1.58 bits per heavy atom. The van der Waals surface area contributed by atoms with E-state index in [1.807, 2.05) is 48.5 Å². The standard InChI is InChI=1S/C24H26N2O7/c1-14(22(28)26-20(23(29)30)11-21(27)32-2)12-25-24(31)33-13-19-17-9-5-3-7-15(17)16-8-4-6-10-18(16)19/h3-10,14,19-20H,11-13H2,1-2H3,(H,25,31)(H,26,28)(H,29,30)/t14?,20-/m1/s1. The van der Waals surface area contributed by atoms with Gasteiger partial charge in [0, 0.05) is 12.5 Å². The number of carboxylic acids is 1. The third-order valence-corrected chi connectivity index (χ3v) is 5.56. The number of ether oxygens (including phenoxy) is 2. The summed E-state index contributed by atoms with van der Waals surface area (Å²) in [4.78, 5) is 47.1. The van der Waals surface area contributed by atoms with E-state index in [4.69, 9.17) is 9.84 Å². The number of aliphatic carboxylic acids is 1. The van der Waals surface area contributed by atoms with Crippen molar-refractivity contribution in [3.05, 3.63) is 59.7 Å². The first-order chi connectivity index (χ1) is 15.8. The molecule has 33 heavy (non-hydrogen) atoms. The van der Waals surface area contributed by atoms with Gasteiger partial charge in [0.25, 0.3) is 0 Å². The molecule has 0 saturated carbocycles. The summed E-state index contributed by atoms with van der Waals surface area (Å²) >= 11 is 0. The summed E-state index contributed by atoms with van der Waals surface area (Å²) in [7, 11) is 1.13. The monoisotopic (exact) mass is 454 g/mol. The number of amides is 2. The number of nitrogens with one attached hydrogen (secondary N) is 2. The molecule has 174 valence electrons. The van der Waals surface area contributed by atoms with E-state index >= 15 is 0 Å². The molecule has 0 spiro atoms. The Balaban J connectivity index is 1.51. The molecule has 2 aromatic rings. The zero-order valence-electron chi connectivity index (χ0n) is 18.4. The molecule has 0 fully saturated rings. The topological polar surface area (TPSA) is 131 Å². The summed E-state index contributed by atoms with van der Waals surface area (Å²) in [5, 5.41) is 14.0. The maximum absolute atomic E-state index is 12.3. The van der Waals surface area contributed by atoms with E-state index in [0.29, 0.717) is 0 Å². The van der Waals surface area contributed by atoms with Crippen LogP contribution < -0.4 is 10.6 Å². The van der Waals surface area contributed by atoms with Crippen LogP contribution in [0.25, 0.3) is 11.1 Å². The van der Waals surface area contributed by atoms with Crippen molar-refractivity contribution in [3.8, 4) is 11.1 Å². The predicted octanol–water partition coefficient (Wildman–Crippen LogP) is 2.29. The van der Waals surface area contributed by atoms with Crippen molar-refractivity contribution in [1.29, 1.82) is 0 Å². The molecule has 0 bridgehead atoms. The van der Waals surface area contributed by atoms with E-state index in [2.05, 4.69) is 15.4 Å². The van der Waals surface area contributed by atoms with Gasteiger partial charge in [-0.25, -0.2) is 9.59 Å². The minimum Gasteiger partial charge on any atom is -0.480 e. The van der Waals surface area contributed by atoms with E-state index in [9.17, 15) is 19.2 Å². The van der Waals surface area contributed by atoms with Crippen LogP contribution >= 0.6 is 0 Å². The number of carboxylic acid groups (broad SMARTS) is 1. The molecule has 0 aliphatic heterocycles. The fourth-order valence-corrected chi connectivity index (χ4v) is 3.74. The first-order valence-corrected chi connectivity index (χ1v) is 10.5. The van der Waals surface area contributed by atoms with Crippen LogP contribution in [0, 0.1) is 5.92 Å². The van der Waals surface area contributed by atoms with E-state index < -0.39 is 42.3 Å². The zero-order valence-corrected chi connectivity index (χ0v) is 18.4. The molecule has 2 amide bonds. The van der Waals surface area contributed by atoms with Crippen molar-refractivity contribution in [3.63, 3.8) is 0 Å². The van der Waals surface area contributed by atoms with Crippen LogP contribution in [-0.4, -0.2) is 55.3 Å². The number of hydrogen-bond donors (Lipinski definition) is 3. The van der Waals surface area contributed by atoms with Crippen LogP contribution in [0.2, 0.25) is 0 Å². The zero-order chi connectivity index (χ0) is 24.0. The second-order valence-corrected chi connectivity index (χ2v) is 7.79. The molecular weight excluding hydrogens is 428 g/mol. The average molecular weight is 454 g/mol. The number of carbonyl (C=O) groups excluding carboxylic acids is 3. The van der Waals surface area contributed by atoms with Gasteiger partial charge in [-0.05, 0) is 22.3 Å². The van der Waals surface area contributed by atoms with E-state index in [1.54, 1.807) is 0 Å². The maximum atomic E-state index is 12.3. The SMILES string of the molecule is COC(=O)C[C@@H](NC(=O)C(C)CNC(=O)OCC1c2ccccc2-c2ccccc21)C(=O)O. The Labute approximate surface area is 191 Å². The van der Waals surface area contributed by atoms with E-state index in [1.165, 1.54) is 6.92 Å². The lowest BCUT2D eigenvalue weighted by atomic mass is 9.98. The first kappa shape index (κ1) is 23.8. The summed E-state index contributed by atoms with van der Waals surface area (Å²) in [6, 6.07) is 14.5. The normalized spacial score (nSPS) is 13.8. The lowest BCUT2D eigenvalue weighted by molar-refractivity contribution is -0.149. The summed E-state index contributed by atoms with van der Waals surface area (Å²) in [5.41, 5.74) is 4.41. The molecule has 0 saturated heterocycles. The van der Waals surface area contributed by atoms with Crippen LogP contribution in [0.3, 0.4) is 0 Å². The number of fused-ring (bicyclic) bond motifs is 3. The van der Waals surface area contributed by atoms with Crippen LogP contribution in [0.1, 0.15) is 30.4 Å². The van der Waals surface area contributed by atoms with Gasteiger partial charge in [-0.15, -0.1) is 0 Å². The van der Waals surface area contributed by atoms with Crippen molar-refractivity contribution in [1.82, 2.24) is 10.6 Å². The van der Waals surface area contributed by atoms with Crippen LogP contribution in [0.15, 0.2) is 48.5 Å². The average Bonchev–Trinajstić information content (AvgIpc) is 3.14. The number of carbonyl (C=O) groups is 4. The van der Waals surface area contributed by atoms with Crippen LogP contribution in [-0.2, 0) is 23.9 Å². The van der Waals surface area contributed by atoms with Gasteiger partial charge in [0.2, 0.25) is 5.91 Å². The van der Waals surface area contributed by atoms with Crippen molar-refractivity contribution in [2.45, 2.75) is 25.3 Å². The highest BCUT2D eigenvalue weighted by Gasteiger charge is 2.29. The third kappa shape index (κ3) is 5.68. The molecular formula is C24H26N2O7. The Morgan fingerprint density at radius 3 is 2.12 bits per heavy atom. The van der Waals surface area contributed by atoms with Crippen LogP contribution in [0.5, 0.6) is 0 Å². The van der Waals surface area contributed by atoms with Gasteiger partial charge in [-0.1, -0.05) is 55.5 Å². The molecule has 0 radical (unpaired) electrons. The smallest absolute Gasteiger partial charge is 0.407 e. The van der Waals surface area contributed by atoms with Gasteiger partial charge in [0.15, 0.2) is 0 Å². The molecule has 0 aromatic heterocycles. The Hall–Kier alpha value is -3.88. The van der Waals surface area contributed by atoms with Crippen molar-refractivity contribution < 1.29 is 33.8 Å². The van der Waals surface area contributed by atoms with E-state index in [0.717, 1.165) is 29.4 Å². The van der Waals surface area contributed by atoms with Gasteiger partial charge in [0.1, 0.15) is 12.6 Å². The third-order valence-electron chi connectivity index (χ3n) is 5.56. The molecule has 9 heteroatoms. The number of esters is 1. The lowest BCUT2D eigenvalue weighted by Crippen LogP contribution is -2.46. The predicted molar refractivity (Wildman–Crippen MR) is 118 cm³/mol. The summed E-state index contributed by atoms with van der Waals surface area (Å²) in [5.74, 6) is -3.56. The van der Waals surface area contributed by atoms with Gasteiger partial charge >= 0.3 is 18.0 Å². The minimum atomic E-state index is -1.41. The van der Waals surface area contributed by atoms with E-state index in [-0.39, 0.29) is 19.1 Å². The van der Waals surface area contributed by atoms with Gasteiger partial charge in [-0.3, -0.25) is 9.59 Å². The molecule has 1 aliphatic rings. The highest BCUT2D eigenvalue weighted by Crippen LogP contribution is 2.44. The minimum absolute atomic E-state index is 0.0624. The fourth-order valence-electron chi connectivity index (χ4n) is 3.74. The maximum Gasteiger partial charge on any atom is 0.407 e.